The Balaban J connectivity index is 1.81. The Kier molecular flexibility index (Phi) is 9.74. The number of halogens is 1. The van der Waals surface area contributed by atoms with Gasteiger partial charge in [-0.25, -0.2) is 0 Å². The molecule has 0 radical (unpaired) electrons. The maximum atomic E-state index is 12.5. The normalized spacial score (nSPS) is 10.4. The highest BCUT2D eigenvalue weighted by Crippen LogP contribution is 2.26. The minimum Gasteiger partial charge on any atom is -0.492 e. The molecule has 2 amide bonds. The van der Waals surface area contributed by atoms with Crippen molar-refractivity contribution in [3.05, 3.63) is 58.1 Å². The van der Waals surface area contributed by atoms with E-state index in [1.807, 2.05) is 26.0 Å². The van der Waals surface area contributed by atoms with Crippen molar-refractivity contribution >= 4 is 45.1 Å². The summed E-state index contributed by atoms with van der Waals surface area (Å²) in [6, 6.07) is 12.6. The van der Waals surface area contributed by atoms with Crippen molar-refractivity contribution < 1.29 is 19.1 Å². The maximum absolute atomic E-state index is 12.5. The van der Waals surface area contributed by atoms with Crippen LogP contribution in [0.5, 0.6) is 11.5 Å². The fraction of sp³-hybridized carbons (Fsp3) is 0.318. The fourth-order valence-electron chi connectivity index (χ4n) is 2.43. The molecule has 0 aliphatic carbocycles. The second-order valence-corrected chi connectivity index (χ2v) is 8.33. The molecule has 0 aromatic heterocycles. The van der Waals surface area contributed by atoms with E-state index in [9.17, 15) is 9.59 Å². The highest BCUT2D eigenvalue weighted by molar-refractivity contribution is 9.10. The van der Waals surface area contributed by atoms with E-state index in [1.165, 1.54) is 0 Å². The van der Waals surface area contributed by atoms with Gasteiger partial charge in [0.1, 0.15) is 11.5 Å². The molecule has 0 spiro atoms. The van der Waals surface area contributed by atoms with E-state index < -0.39 is 11.8 Å². The lowest BCUT2D eigenvalue weighted by molar-refractivity contribution is -0.123. The number of thiocarbonyl (C=S) groups is 1. The molecule has 2 aromatic carbocycles. The SMILES string of the molecule is CCc1ccc(OCC(=O)NNC(=S)NC(=O)c2ccccc2OCC(C)C)c(Br)c1. The molecule has 2 rings (SSSR count). The molecular weight excluding hydrogens is 482 g/mol. The number of hydrogen-bond acceptors (Lipinski definition) is 5. The molecule has 166 valence electrons. The molecule has 9 heteroatoms. The second kappa shape index (κ2) is 12.3. The summed E-state index contributed by atoms with van der Waals surface area (Å²) in [5.41, 5.74) is 6.38. The van der Waals surface area contributed by atoms with Crippen LogP contribution < -0.4 is 25.6 Å². The Bertz CT molecular complexity index is 937. The monoisotopic (exact) mass is 507 g/mol. The first-order valence-corrected chi connectivity index (χ1v) is 11.0. The molecule has 0 aliphatic rings. The van der Waals surface area contributed by atoms with Gasteiger partial charge in [0.05, 0.1) is 16.6 Å². The first-order valence-electron chi connectivity index (χ1n) is 9.83. The van der Waals surface area contributed by atoms with Gasteiger partial charge in [-0.05, 0) is 70.3 Å². The van der Waals surface area contributed by atoms with Crippen LogP contribution in [0.1, 0.15) is 36.7 Å². The van der Waals surface area contributed by atoms with Crippen LogP contribution in [0.15, 0.2) is 46.9 Å². The number of benzene rings is 2. The van der Waals surface area contributed by atoms with Crippen molar-refractivity contribution in [1.82, 2.24) is 16.2 Å². The third-order valence-electron chi connectivity index (χ3n) is 4.01. The first kappa shape index (κ1) is 24.6. The molecule has 2 aromatic rings. The quantitative estimate of drug-likeness (QED) is 0.372. The van der Waals surface area contributed by atoms with Crippen LogP contribution in [-0.2, 0) is 11.2 Å². The third-order valence-corrected chi connectivity index (χ3v) is 4.83. The lowest BCUT2D eigenvalue weighted by Gasteiger charge is -2.14. The molecular formula is C22H26BrN3O4S. The summed E-state index contributed by atoms with van der Waals surface area (Å²) in [4.78, 5) is 24.5. The standard InChI is InChI=1S/C22H26BrN3O4S/c1-4-15-9-10-19(17(23)11-15)30-13-20(27)25-26-22(31)24-21(28)16-7-5-6-8-18(16)29-12-14(2)3/h5-11,14H,4,12-13H2,1-3H3,(H,25,27)(H2,24,26,28,31). The number of hydrogen-bond donors (Lipinski definition) is 3. The zero-order valence-corrected chi connectivity index (χ0v) is 20.1. The number of para-hydroxylation sites is 1. The molecule has 0 atom stereocenters. The van der Waals surface area contributed by atoms with Gasteiger partial charge in [0.15, 0.2) is 11.7 Å². The molecule has 0 saturated carbocycles. The summed E-state index contributed by atoms with van der Waals surface area (Å²) in [5, 5.41) is 2.46. The van der Waals surface area contributed by atoms with Gasteiger partial charge in [-0.15, -0.1) is 0 Å². The molecule has 0 aliphatic heterocycles. The highest BCUT2D eigenvalue weighted by Gasteiger charge is 2.14. The minimum absolute atomic E-state index is 0.0505. The predicted octanol–water partition coefficient (Wildman–Crippen LogP) is 3.76. The van der Waals surface area contributed by atoms with Crippen molar-refractivity contribution in [3.63, 3.8) is 0 Å². The van der Waals surface area contributed by atoms with Crippen molar-refractivity contribution in [2.45, 2.75) is 27.2 Å². The van der Waals surface area contributed by atoms with Gasteiger partial charge in [0, 0.05) is 0 Å². The molecule has 0 unspecified atom stereocenters. The van der Waals surface area contributed by atoms with Crippen molar-refractivity contribution in [2.75, 3.05) is 13.2 Å². The lowest BCUT2D eigenvalue weighted by Crippen LogP contribution is -2.49. The van der Waals surface area contributed by atoms with Gasteiger partial charge >= 0.3 is 0 Å². The van der Waals surface area contributed by atoms with Gasteiger partial charge < -0.3 is 9.47 Å². The number of carbonyl (C=O) groups excluding carboxylic acids is 2. The zero-order valence-electron chi connectivity index (χ0n) is 17.7. The summed E-state index contributed by atoms with van der Waals surface area (Å²) >= 11 is 8.50. The summed E-state index contributed by atoms with van der Waals surface area (Å²) in [6.07, 6.45) is 0.904. The van der Waals surface area contributed by atoms with Crippen molar-refractivity contribution in [3.8, 4) is 11.5 Å². The number of hydrazine groups is 1. The summed E-state index contributed by atoms with van der Waals surface area (Å²) in [7, 11) is 0. The van der Waals surface area contributed by atoms with Crippen molar-refractivity contribution in [1.29, 1.82) is 0 Å². The highest BCUT2D eigenvalue weighted by atomic mass is 79.9. The second-order valence-electron chi connectivity index (χ2n) is 7.06. The summed E-state index contributed by atoms with van der Waals surface area (Å²) in [6.45, 7) is 6.36. The lowest BCUT2D eigenvalue weighted by atomic mass is 10.2. The Morgan fingerprint density at radius 2 is 1.81 bits per heavy atom. The molecule has 0 heterocycles. The number of nitrogens with one attached hydrogen (secondary N) is 3. The molecule has 0 saturated heterocycles. The molecule has 0 bridgehead atoms. The van der Waals surface area contributed by atoms with Crippen molar-refractivity contribution in [2.24, 2.45) is 5.92 Å². The zero-order chi connectivity index (χ0) is 22.8. The average Bonchev–Trinajstić information content (AvgIpc) is 2.75. The summed E-state index contributed by atoms with van der Waals surface area (Å²) < 4.78 is 12.0. The summed E-state index contributed by atoms with van der Waals surface area (Å²) in [5.74, 6) is 0.447. The van der Waals surface area contributed by atoms with Crippen LogP contribution in [0.25, 0.3) is 0 Å². The average molecular weight is 508 g/mol. The smallest absolute Gasteiger partial charge is 0.276 e. The van der Waals surface area contributed by atoms with Crippen LogP contribution in [-0.4, -0.2) is 30.1 Å². The van der Waals surface area contributed by atoms with Crippen LogP contribution >= 0.6 is 28.1 Å². The Hall–Kier alpha value is -2.65. The number of amides is 2. The van der Waals surface area contributed by atoms with Gasteiger partial charge in [-0.3, -0.25) is 25.8 Å². The van der Waals surface area contributed by atoms with E-state index in [0.717, 1.165) is 16.5 Å². The third kappa shape index (κ3) is 8.18. The maximum Gasteiger partial charge on any atom is 0.276 e. The van der Waals surface area contributed by atoms with Crippen LogP contribution in [0.3, 0.4) is 0 Å². The van der Waals surface area contributed by atoms with E-state index in [1.54, 1.807) is 30.3 Å². The topological polar surface area (TPSA) is 88.7 Å². The van der Waals surface area contributed by atoms with Gasteiger partial charge in [-0.2, -0.15) is 0 Å². The number of carbonyl (C=O) groups is 2. The predicted molar refractivity (Wildman–Crippen MR) is 127 cm³/mol. The molecule has 0 fully saturated rings. The number of rotatable bonds is 8. The Labute approximate surface area is 196 Å². The Morgan fingerprint density at radius 3 is 2.48 bits per heavy atom. The Morgan fingerprint density at radius 1 is 1.06 bits per heavy atom. The fourth-order valence-corrected chi connectivity index (χ4v) is 3.11. The van der Waals surface area contributed by atoms with Gasteiger partial charge in [-0.1, -0.05) is 39.0 Å². The minimum atomic E-state index is -0.455. The van der Waals surface area contributed by atoms with Gasteiger partial charge in [0.25, 0.3) is 11.8 Å². The van der Waals surface area contributed by atoms with Crippen LogP contribution in [0.4, 0.5) is 0 Å². The van der Waals surface area contributed by atoms with Crippen LogP contribution in [0, 0.1) is 5.92 Å². The molecule has 31 heavy (non-hydrogen) atoms. The van der Waals surface area contributed by atoms with E-state index in [0.29, 0.717) is 29.6 Å². The molecule has 7 nitrogen and oxygen atoms in total. The van der Waals surface area contributed by atoms with E-state index in [2.05, 4.69) is 39.0 Å². The first-order chi connectivity index (χ1) is 14.8. The molecule has 3 N–H and O–H groups in total. The van der Waals surface area contributed by atoms with Gasteiger partial charge in [0.2, 0.25) is 0 Å². The van der Waals surface area contributed by atoms with Crippen LogP contribution in [0.2, 0.25) is 0 Å². The van der Waals surface area contributed by atoms with E-state index in [4.69, 9.17) is 21.7 Å². The van der Waals surface area contributed by atoms with E-state index >= 15 is 0 Å². The van der Waals surface area contributed by atoms with E-state index in [-0.39, 0.29) is 11.7 Å². The number of ether oxygens (including phenoxy) is 2. The largest absolute Gasteiger partial charge is 0.492 e. The number of aryl methyl sites for hydroxylation is 1.